The molecule has 110 valence electrons. The number of hydrogen-bond donors (Lipinski definition) is 3. The van der Waals surface area contributed by atoms with Crippen LogP contribution in [-0.2, 0) is 4.79 Å². The van der Waals surface area contributed by atoms with E-state index in [1.807, 2.05) is 18.4 Å². The summed E-state index contributed by atoms with van der Waals surface area (Å²) in [4.78, 5) is 23.6. The highest BCUT2D eigenvalue weighted by Gasteiger charge is 2.27. The number of nitrogens with one attached hydrogen (secondary N) is 2. The minimum Gasteiger partial charge on any atom is -0.397 e. The van der Waals surface area contributed by atoms with Gasteiger partial charge in [0.25, 0.3) is 5.91 Å². The van der Waals surface area contributed by atoms with Crippen molar-refractivity contribution >= 4 is 17.5 Å². The summed E-state index contributed by atoms with van der Waals surface area (Å²) in [7, 11) is 0. The Kier molecular flexibility index (Phi) is 4.32. The van der Waals surface area contributed by atoms with Crippen LogP contribution in [0.1, 0.15) is 43.2 Å². The van der Waals surface area contributed by atoms with Gasteiger partial charge < -0.3 is 20.9 Å². The van der Waals surface area contributed by atoms with Crippen LogP contribution >= 0.6 is 0 Å². The van der Waals surface area contributed by atoms with Gasteiger partial charge in [-0.25, -0.2) is 0 Å². The van der Waals surface area contributed by atoms with Crippen LogP contribution in [-0.4, -0.2) is 29.5 Å². The number of rotatable bonds is 6. The predicted molar refractivity (Wildman–Crippen MR) is 77.3 cm³/mol. The van der Waals surface area contributed by atoms with E-state index in [4.69, 9.17) is 5.73 Å². The van der Waals surface area contributed by atoms with Crippen molar-refractivity contribution in [2.45, 2.75) is 32.7 Å². The molecular weight excluding hydrogens is 256 g/mol. The zero-order chi connectivity index (χ0) is 14.7. The molecule has 1 aromatic heterocycles. The SMILES string of the molecule is CC(C)CNC(=O)CNC(=O)c1cc(N)cn1C1CC1. The smallest absolute Gasteiger partial charge is 0.268 e. The molecule has 4 N–H and O–H groups in total. The van der Waals surface area contributed by atoms with Gasteiger partial charge in [-0.2, -0.15) is 0 Å². The van der Waals surface area contributed by atoms with E-state index < -0.39 is 0 Å². The van der Waals surface area contributed by atoms with Crippen molar-refractivity contribution in [3.63, 3.8) is 0 Å². The molecule has 2 rings (SSSR count). The minimum atomic E-state index is -0.256. The van der Waals surface area contributed by atoms with E-state index in [2.05, 4.69) is 10.6 Å². The third-order valence-electron chi connectivity index (χ3n) is 3.16. The molecular formula is C14H22N4O2. The maximum absolute atomic E-state index is 12.1. The second kappa shape index (κ2) is 5.98. The molecule has 1 aliphatic carbocycles. The van der Waals surface area contributed by atoms with Gasteiger partial charge in [-0.1, -0.05) is 13.8 Å². The van der Waals surface area contributed by atoms with E-state index in [0.29, 0.717) is 29.9 Å². The molecule has 0 atom stereocenters. The largest absolute Gasteiger partial charge is 0.397 e. The number of hydrogen-bond acceptors (Lipinski definition) is 3. The van der Waals surface area contributed by atoms with Gasteiger partial charge in [-0.3, -0.25) is 9.59 Å². The van der Waals surface area contributed by atoms with E-state index in [1.54, 1.807) is 12.3 Å². The summed E-state index contributed by atoms with van der Waals surface area (Å²) in [5.74, 6) is -0.0422. The average molecular weight is 278 g/mol. The van der Waals surface area contributed by atoms with E-state index in [-0.39, 0.29) is 18.4 Å². The molecule has 20 heavy (non-hydrogen) atoms. The van der Waals surface area contributed by atoms with Gasteiger partial charge in [0.2, 0.25) is 5.91 Å². The summed E-state index contributed by atoms with van der Waals surface area (Å²) in [6, 6.07) is 2.03. The van der Waals surface area contributed by atoms with Crippen LogP contribution in [0.4, 0.5) is 5.69 Å². The lowest BCUT2D eigenvalue weighted by atomic mass is 10.2. The predicted octanol–water partition coefficient (Wildman–Crippen LogP) is 0.907. The first-order valence-electron chi connectivity index (χ1n) is 6.99. The molecule has 6 heteroatoms. The van der Waals surface area contributed by atoms with Crippen molar-refractivity contribution in [2.24, 2.45) is 5.92 Å². The molecule has 1 heterocycles. The molecule has 2 amide bonds. The number of carbonyl (C=O) groups excluding carboxylic acids is 2. The Hall–Kier alpha value is -1.98. The topological polar surface area (TPSA) is 89.2 Å². The summed E-state index contributed by atoms with van der Waals surface area (Å²) in [6.45, 7) is 4.63. The molecule has 1 saturated carbocycles. The second-order valence-electron chi connectivity index (χ2n) is 5.68. The van der Waals surface area contributed by atoms with Gasteiger partial charge in [-0.05, 0) is 24.8 Å². The highest BCUT2D eigenvalue weighted by Crippen LogP contribution is 2.37. The lowest BCUT2D eigenvalue weighted by Crippen LogP contribution is -2.38. The summed E-state index contributed by atoms with van der Waals surface area (Å²) < 4.78 is 1.90. The summed E-state index contributed by atoms with van der Waals surface area (Å²) in [6.07, 6.45) is 3.93. The quantitative estimate of drug-likeness (QED) is 0.722. The Morgan fingerprint density at radius 3 is 2.70 bits per heavy atom. The second-order valence-corrected chi connectivity index (χ2v) is 5.68. The highest BCUT2D eigenvalue weighted by atomic mass is 16.2. The summed E-state index contributed by atoms with van der Waals surface area (Å²) in [5, 5.41) is 5.39. The minimum absolute atomic E-state index is 0.0126. The number of nitrogens with zero attached hydrogens (tertiary/aromatic N) is 1. The number of nitrogens with two attached hydrogens (primary N) is 1. The van der Waals surface area contributed by atoms with Gasteiger partial charge in [0.05, 0.1) is 12.2 Å². The first-order valence-corrected chi connectivity index (χ1v) is 6.99. The van der Waals surface area contributed by atoms with E-state index in [1.165, 1.54) is 0 Å². The van der Waals surface area contributed by atoms with Crippen LogP contribution in [0.5, 0.6) is 0 Å². The van der Waals surface area contributed by atoms with Crippen molar-refractivity contribution in [3.05, 3.63) is 18.0 Å². The number of aromatic nitrogens is 1. The van der Waals surface area contributed by atoms with Gasteiger partial charge in [0.1, 0.15) is 5.69 Å². The maximum atomic E-state index is 12.1. The molecule has 1 aromatic rings. The van der Waals surface area contributed by atoms with E-state index in [9.17, 15) is 9.59 Å². The van der Waals surface area contributed by atoms with Gasteiger partial charge in [-0.15, -0.1) is 0 Å². The van der Waals surface area contributed by atoms with Gasteiger partial charge in [0.15, 0.2) is 0 Å². The monoisotopic (exact) mass is 278 g/mol. The van der Waals surface area contributed by atoms with Crippen molar-refractivity contribution in [1.82, 2.24) is 15.2 Å². The van der Waals surface area contributed by atoms with Crippen molar-refractivity contribution in [3.8, 4) is 0 Å². The Morgan fingerprint density at radius 2 is 2.10 bits per heavy atom. The van der Waals surface area contributed by atoms with Crippen LogP contribution in [0.3, 0.4) is 0 Å². The van der Waals surface area contributed by atoms with Gasteiger partial charge >= 0.3 is 0 Å². The zero-order valence-electron chi connectivity index (χ0n) is 12.0. The summed E-state index contributed by atoms with van der Waals surface area (Å²) >= 11 is 0. The molecule has 0 aromatic carbocycles. The number of amides is 2. The molecule has 0 spiro atoms. The van der Waals surface area contributed by atoms with Crippen molar-refractivity contribution in [2.75, 3.05) is 18.8 Å². The lowest BCUT2D eigenvalue weighted by molar-refractivity contribution is -0.120. The molecule has 6 nitrogen and oxygen atoms in total. The fraction of sp³-hybridized carbons (Fsp3) is 0.571. The standard InChI is InChI=1S/C14H22N4O2/c1-9(2)6-16-13(19)7-17-14(20)12-5-10(15)8-18(12)11-3-4-11/h5,8-9,11H,3-4,6-7,15H2,1-2H3,(H,16,19)(H,17,20). The first kappa shape index (κ1) is 14.4. The highest BCUT2D eigenvalue weighted by molar-refractivity contribution is 5.96. The Morgan fingerprint density at radius 1 is 1.40 bits per heavy atom. The average Bonchev–Trinajstić information content (AvgIpc) is 3.16. The van der Waals surface area contributed by atoms with Crippen molar-refractivity contribution in [1.29, 1.82) is 0 Å². The molecule has 0 saturated heterocycles. The number of nitrogen functional groups attached to an aromatic ring is 1. The molecule has 1 fully saturated rings. The normalized spacial score (nSPS) is 14.3. The number of anilines is 1. The fourth-order valence-electron chi connectivity index (χ4n) is 1.97. The molecule has 0 bridgehead atoms. The third kappa shape index (κ3) is 3.76. The zero-order valence-corrected chi connectivity index (χ0v) is 12.0. The number of carbonyl (C=O) groups is 2. The lowest BCUT2D eigenvalue weighted by Gasteiger charge is -2.10. The molecule has 0 aliphatic heterocycles. The fourth-order valence-corrected chi connectivity index (χ4v) is 1.97. The van der Waals surface area contributed by atoms with Crippen LogP contribution < -0.4 is 16.4 Å². The first-order chi connectivity index (χ1) is 9.47. The van der Waals surface area contributed by atoms with E-state index >= 15 is 0 Å². The molecule has 1 aliphatic rings. The molecule has 0 unspecified atom stereocenters. The van der Waals surface area contributed by atoms with Crippen LogP contribution in [0.15, 0.2) is 12.3 Å². The van der Waals surface area contributed by atoms with Crippen LogP contribution in [0.25, 0.3) is 0 Å². The summed E-state index contributed by atoms with van der Waals surface area (Å²) in [5.41, 5.74) is 6.84. The Balaban J connectivity index is 1.87. The van der Waals surface area contributed by atoms with Crippen LogP contribution in [0, 0.1) is 5.92 Å². The molecule has 0 radical (unpaired) electrons. The van der Waals surface area contributed by atoms with Crippen LogP contribution in [0.2, 0.25) is 0 Å². The van der Waals surface area contributed by atoms with Gasteiger partial charge in [0, 0.05) is 18.8 Å². The Labute approximate surface area is 118 Å². The van der Waals surface area contributed by atoms with Crippen molar-refractivity contribution < 1.29 is 9.59 Å². The Bertz CT molecular complexity index is 503. The van der Waals surface area contributed by atoms with E-state index in [0.717, 1.165) is 12.8 Å². The third-order valence-corrected chi connectivity index (χ3v) is 3.16. The maximum Gasteiger partial charge on any atom is 0.268 e.